The van der Waals surface area contributed by atoms with Crippen LogP contribution in [0, 0.1) is 0 Å². The van der Waals surface area contributed by atoms with E-state index < -0.39 is 11.6 Å². The van der Waals surface area contributed by atoms with Crippen LogP contribution in [0.1, 0.15) is 34.8 Å². The summed E-state index contributed by atoms with van der Waals surface area (Å²) in [4.78, 5) is 19.7. The van der Waals surface area contributed by atoms with Gasteiger partial charge in [0, 0.05) is 47.2 Å². The molecule has 2 N–H and O–H groups in total. The first-order valence-corrected chi connectivity index (χ1v) is 15.7. The van der Waals surface area contributed by atoms with Gasteiger partial charge in [-0.15, -0.1) is 0 Å². The molecule has 0 fully saturated rings. The summed E-state index contributed by atoms with van der Waals surface area (Å²) in [5, 5.41) is 13.0. The number of carbonyl (C=O) groups is 1. The Labute approximate surface area is 284 Å². The van der Waals surface area contributed by atoms with E-state index in [2.05, 4.69) is 5.32 Å². The molecule has 0 saturated carbocycles. The van der Waals surface area contributed by atoms with Crippen molar-refractivity contribution in [1.82, 2.24) is 5.32 Å². The average Bonchev–Trinajstić information content (AvgIpc) is 3.47. The second kappa shape index (κ2) is 15.4. The van der Waals surface area contributed by atoms with Gasteiger partial charge < -0.3 is 34.1 Å². The van der Waals surface area contributed by atoms with Crippen molar-refractivity contribution in [3.05, 3.63) is 117 Å². The smallest absolute Gasteiger partial charge is 0.252 e. The molecule has 1 aliphatic heterocycles. The van der Waals surface area contributed by atoms with Crippen molar-refractivity contribution in [2.24, 2.45) is 4.99 Å². The fraction of sp³-hybridized carbons (Fsp3) is 0.278. The molecule has 1 amide bonds. The summed E-state index contributed by atoms with van der Waals surface area (Å²) in [5.41, 5.74) is 1.36. The number of halogens is 2. The molecule has 0 aliphatic carbocycles. The van der Waals surface area contributed by atoms with Crippen molar-refractivity contribution in [3.63, 3.8) is 0 Å². The normalized spacial score (nSPS) is 17.0. The zero-order valence-corrected chi connectivity index (χ0v) is 27.8. The summed E-state index contributed by atoms with van der Waals surface area (Å²) < 4.78 is 28.8. The topological polar surface area (TPSA) is 108 Å². The van der Waals surface area contributed by atoms with Gasteiger partial charge in [0.05, 0.1) is 27.9 Å². The molecule has 0 radical (unpaired) electrons. The highest BCUT2D eigenvalue weighted by atomic mass is 35.5. The molecule has 246 valence electrons. The lowest BCUT2D eigenvalue weighted by Crippen LogP contribution is -2.49. The van der Waals surface area contributed by atoms with Crippen LogP contribution in [0.4, 0.5) is 0 Å². The highest BCUT2D eigenvalue weighted by Crippen LogP contribution is 2.45. The van der Waals surface area contributed by atoms with Crippen molar-refractivity contribution >= 4 is 35.0 Å². The number of rotatable bonds is 14. The van der Waals surface area contributed by atoms with Crippen LogP contribution in [0.5, 0.6) is 23.0 Å². The van der Waals surface area contributed by atoms with Gasteiger partial charge in [-0.2, -0.15) is 0 Å². The van der Waals surface area contributed by atoms with E-state index in [9.17, 15) is 4.79 Å². The van der Waals surface area contributed by atoms with Gasteiger partial charge in [0.25, 0.3) is 5.91 Å². The largest absolute Gasteiger partial charge is 0.494 e. The number of hydrogen-bond donors (Lipinski definition) is 2. The maximum Gasteiger partial charge on any atom is 0.252 e. The molecule has 1 aliphatic rings. The van der Waals surface area contributed by atoms with Gasteiger partial charge in [0.15, 0.2) is 23.1 Å². The lowest BCUT2D eigenvalue weighted by atomic mass is 9.82. The van der Waals surface area contributed by atoms with Crippen LogP contribution in [-0.2, 0) is 22.5 Å². The monoisotopic (exact) mass is 678 g/mol. The fourth-order valence-electron chi connectivity index (χ4n) is 5.45. The number of ether oxygens (including phenoxy) is 5. The van der Waals surface area contributed by atoms with Crippen LogP contribution in [0.15, 0.2) is 89.9 Å². The molecule has 0 unspecified atom stereocenters. The standard InChI is InChI=1S/C36H36Cl2N2O7/c1-43-30-18-24(19-31(44-2)32(30)45-3)22-39-35(42)36(21-23-8-5-4-6-9-23)33(28-15-12-26(37)20-29(28)38)47-34(40-36)25-10-13-27(14-11-25)46-17-7-16-41/h4-6,8-15,18-20,33,41H,7,16-17,21-22H2,1-3H3,(H,39,42)/t33-,36-/m1/s1. The molecule has 9 nitrogen and oxygen atoms in total. The van der Waals surface area contributed by atoms with Gasteiger partial charge in [-0.3, -0.25) is 4.79 Å². The number of benzene rings is 4. The van der Waals surface area contributed by atoms with Crippen LogP contribution in [0.25, 0.3) is 0 Å². The summed E-state index contributed by atoms with van der Waals surface area (Å²) in [5.74, 6) is 1.93. The Bertz CT molecular complexity index is 1690. The summed E-state index contributed by atoms with van der Waals surface area (Å²) >= 11 is 13.0. The van der Waals surface area contributed by atoms with Gasteiger partial charge in [-0.05, 0) is 59.7 Å². The maximum absolute atomic E-state index is 14.6. The first-order valence-electron chi connectivity index (χ1n) is 15.0. The molecule has 5 rings (SSSR count). The number of methoxy groups -OCH3 is 3. The minimum Gasteiger partial charge on any atom is -0.494 e. The number of nitrogens with zero attached hydrogens (tertiary/aromatic N) is 1. The zero-order valence-electron chi connectivity index (χ0n) is 26.3. The highest BCUT2D eigenvalue weighted by molar-refractivity contribution is 6.35. The van der Waals surface area contributed by atoms with E-state index in [-0.39, 0.29) is 31.4 Å². The van der Waals surface area contributed by atoms with Gasteiger partial charge in [0.1, 0.15) is 5.75 Å². The quantitative estimate of drug-likeness (QED) is 0.145. The van der Waals surface area contributed by atoms with Gasteiger partial charge >= 0.3 is 0 Å². The lowest BCUT2D eigenvalue weighted by molar-refractivity contribution is -0.129. The third-order valence-electron chi connectivity index (χ3n) is 7.77. The minimum absolute atomic E-state index is 0.0441. The van der Waals surface area contributed by atoms with Crippen molar-refractivity contribution in [2.75, 3.05) is 34.5 Å². The first kappa shape index (κ1) is 33.9. The molecule has 47 heavy (non-hydrogen) atoms. The molecule has 4 aromatic rings. The van der Waals surface area contributed by atoms with Gasteiger partial charge in [-0.1, -0.05) is 59.6 Å². The molecule has 0 bridgehead atoms. The lowest BCUT2D eigenvalue weighted by Gasteiger charge is -2.31. The van der Waals surface area contributed by atoms with Gasteiger partial charge in [-0.25, -0.2) is 4.99 Å². The Hall–Kier alpha value is -4.44. The molecule has 4 aromatic carbocycles. The third-order valence-corrected chi connectivity index (χ3v) is 8.33. The number of hydrogen-bond acceptors (Lipinski definition) is 8. The Morgan fingerprint density at radius 2 is 1.62 bits per heavy atom. The maximum atomic E-state index is 14.6. The summed E-state index contributed by atoms with van der Waals surface area (Å²) in [7, 11) is 4.61. The predicted molar refractivity (Wildman–Crippen MR) is 181 cm³/mol. The number of amides is 1. The molecular formula is C36H36Cl2N2O7. The van der Waals surface area contributed by atoms with E-state index in [1.54, 1.807) is 42.5 Å². The zero-order chi connectivity index (χ0) is 33.4. The average molecular weight is 680 g/mol. The SMILES string of the molecule is COc1cc(CNC(=O)[C@]2(Cc3ccccc3)N=C(c3ccc(OCCCO)cc3)O[C@@H]2c2ccc(Cl)cc2Cl)cc(OC)c1OC. The van der Waals surface area contributed by atoms with Gasteiger partial charge in [0.2, 0.25) is 11.6 Å². The van der Waals surface area contributed by atoms with Crippen LogP contribution < -0.4 is 24.3 Å². The molecule has 1 heterocycles. The number of nitrogens with one attached hydrogen (secondary N) is 1. The second-order valence-corrected chi connectivity index (χ2v) is 11.7. The van der Waals surface area contributed by atoms with E-state index in [1.165, 1.54) is 21.3 Å². The molecule has 11 heteroatoms. The van der Waals surface area contributed by atoms with E-state index in [0.717, 1.165) is 11.1 Å². The Morgan fingerprint density at radius 3 is 2.23 bits per heavy atom. The number of aliphatic imine (C=N–C) groups is 1. The summed E-state index contributed by atoms with van der Waals surface area (Å²) in [6, 6.07) is 25.5. The number of aliphatic hydroxyl groups is 1. The van der Waals surface area contributed by atoms with E-state index in [0.29, 0.717) is 57.2 Å². The van der Waals surface area contributed by atoms with E-state index >= 15 is 0 Å². The van der Waals surface area contributed by atoms with Crippen LogP contribution in [0.3, 0.4) is 0 Å². The first-order chi connectivity index (χ1) is 22.8. The molecule has 0 spiro atoms. The Morgan fingerprint density at radius 1 is 0.915 bits per heavy atom. The molecule has 0 saturated heterocycles. The Balaban J connectivity index is 1.57. The molecular weight excluding hydrogens is 643 g/mol. The van der Waals surface area contributed by atoms with Crippen molar-refractivity contribution in [1.29, 1.82) is 0 Å². The molecule has 0 aromatic heterocycles. The summed E-state index contributed by atoms with van der Waals surface area (Å²) in [6.45, 7) is 0.567. The van der Waals surface area contributed by atoms with E-state index in [1.807, 2.05) is 42.5 Å². The van der Waals surface area contributed by atoms with E-state index in [4.69, 9.17) is 57.0 Å². The Kier molecular flexibility index (Phi) is 11.1. The second-order valence-electron chi connectivity index (χ2n) is 10.8. The van der Waals surface area contributed by atoms with Crippen LogP contribution >= 0.6 is 23.2 Å². The molecule has 2 atom stereocenters. The van der Waals surface area contributed by atoms with Crippen molar-refractivity contribution in [3.8, 4) is 23.0 Å². The highest BCUT2D eigenvalue weighted by Gasteiger charge is 2.53. The number of carbonyl (C=O) groups excluding carboxylic acids is 1. The summed E-state index contributed by atoms with van der Waals surface area (Å²) in [6.07, 6.45) is -0.165. The third kappa shape index (κ3) is 7.59. The van der Waals surface area contributed by atoms with Crippen LogP contribution in [-0.4, -0.2) is 57.0 Å². The van der Waals surface area contributed by atoms with Crippen molar-refractivity contribution in [2.45, 2.75) is 31.0 Å². The van der Waals surface area contributed by atoms with Crippen LogP contribution in [0.2, 0.25) is 10.0 Å². The number of aliphatic hydroxyl groups excluding tert-OH is 1. The fourth-order valence-corrected chi connectivity index (χ4v) is 5.96. The van der Waals surface area contributed by atoms with Crippen molar-refractivity contribution < 1.29 is 33.6 Å². The minimum atomic E-state index is -1.47. The predicted octanol–water partition coefficient (Wildman–Crippen LogP) is 6.60.